The molecule has 0 saturated heterocycles. The minimum Gasteiger partial charge on any atom is -0.465 e. The van der Waals surface area contributed by atoms with Gasteiger partial charge in [0.05, 0.1) is 6.07 Å². The lowest BCUT2D eigenvalue weighted by Gasteiger charge is -2.17. The number of Topliss-reactive ketones (excluding diaryl/α,β-unsaturated/α-hetero) is 1. The van der Waals surface area contributed by atoms with Crippen molar-refractivity contribution in [2.24, 2.45) is 0 Å². The van der Waals surface area contributed by atoms with E-state index in [1.807, 2.05) is 12.2 Å². The zero-order valence-electron chi connectivity index (χ0n) is 9.89. The van der Waals surface area contributed by atoms with Crippen molar-refractivity contribution in [3.8, 4) is 6.07 Å². The Morgan fingerprint density at radius 2 is 2.33 bits per heavy atom. The van der Waals surface area contributed by atoms with Crippen molar-refractivity contribution in [2.75, 3.05) is 0 Å². The van der Waals surface area contributed by atoms with Gasteiger partial charge in [0, 0.05) is 6.42 Å². The summed E-state index contributed by atoms with van der Waals surface area (Å²) in [6, 6.07) is 1.80. The monoisotopic (exact) mass is 243 g/mol. The molecule has 2 aliphatic rings. The summed E-state index contributed by atoms with van der Waals surface area (Å²) in [6.07, 6.45) is 11.3. The molecule has 0 radical (unpaired) electrons. The Morgan fingerprint density at radius 1 is 1.44 bits per heavy atom. The van der Waals surface area contributed by atoms with E-state index in [1.165, 1.54) is 18.1 Å². The maximum atomic E-state index is 11.5. The number of ether oxygens (including phenoxy) is 2. The number of hydrogen-bond acceptors (Lipinski definition) is 4. The third kappa shape index (κ3) is 3.11. The topological polar surface area (TPSA) is 59.3 Å². The van der Waals surface area contributed by atoms with Crippen molar-refractivity contribution in [3.05, 3.63) is 47.8 Å². The molecule has 0 fully saturated rings. The van der Waals surface area contributed by atoms with Crippen molar-refractivity contribution in [1.82, 2.24) is 0 Å². The molecule has 0 spiro atoms. The highest BCUT2D eigenvalue weighted by Gasteiger charge is 2.18. The average molecular weight is 243 g/mol. The first-order valence-corrected chi connectivity index (χ1v) is 5.77. The Labute approximate surface area is 105 Å². The lowest BCUT2D eigenvalue weighted by Crippen LogP contribution is -2.10. The molecular weight excluding hydrogens is 230 g/mol. The molecule has 0 unspecified atom stereocenters. The van der Waals surface area contributed by atoms with Crippen molar-refractivity contribution in [3.63, 3.8) is 0 Å². The second kappa shape index (κ2) is 5.87. The zero-order chi connectivity index (χ0) is 12.8. The number of rotatable bonds is 4. The van der Waals surface area contributed by atoms with Gasteiger partial charge in [-0.1, -0.05) is 23.8 Å². The zero-order valence-corrected chi connectivity index (χ0v) is 9.89. The van der Waals surface area contributed by atoms with Crippen LogP contribution in [0.5, 0.6) is 0 Å². The van der Waals surface area contributed by atoms with Crippen LogP contribution >= 0.6 is 0 Å². The standard InChI is InChI=1S/C14H13NO3/c15-7-6-13(16)14-10-17-9-12(18-14)8-11-4-2-1-3-5-11/h1-2,4,9-10H,3,5-6,8H2. The molecule has 4 heteroatoms. The number of hydrogen-bond donors (Lipinski definition) is 0. The molecule has 0 N–H and O–H groups in total. The van der Waals surface area contributed by atoms with Crippen LogP contribution in [0.25, 0.3) is 0 Å². The summed E-state index contributed by atoms with van der Waals surface area (Å²) in [6.45, 7) is 0. The lowest BCUT2D eigenvalue weighted by molar-refractivity contribution is -0.117. The summed E-state index contributed by atoms with van der Waals surface area (Å²) in [7, 11) is 0. The third-order valence-corrected chi connectivity index (χ3v) is 2.63. The SMILES string of the molecule is N#CCC(=O)C1=COC=C(CC2=CC=CCC2)O1. The van der Waals surface area contributed by atoms with Crippen LogP contribution in [0.4, 0.5) is 0 Å². The second-order valence-corrected chi connectivity index (χ2v) is 4.03. The van der Waals surface area contributed by atoms with Crippen molar-refractivity contribution in [2.45, 2.75) is 25.7 Å². The van der Waals surface area contributed by atoms with Gasteiger partial charge in [0.25, 0.3) is 0 Å². The minimum absolute atomic E-state index is 0.0981. The van der Waals surface area contributed by atoms with Crippen LogP contribution in [-0.2, 0) is 14.3 Å². The van der Waals surface area contributed by atoms with Gasteiger partial charge in [-0.15, -0.1) is 0 Å². The molecule has 0 aromatic carbocycles. The van der Waals surface area contributed by atoms with Gasteiger partial charge in [0.15, 0.2) is 0 Å². The first-order chi connectivity index (χ1) is 8.79. The van der Waals surface area contributed by atoms with E-state index in [4.69, 9.17) is 14.7 Å². The summed E-state index contributed by atoms with van der Waals surface area (Å²) in [5, 5.41) is 8.47. The van der Waals surface area contributed by atoms with Crippen LogP contribution in [0.2, 0.25) is 0 Å². The maximum Gasteiger partial charge on any atom is 0.215 e. The third-order valence-electron chi connectivity index (χ3n) is 2.63. The Bertz CT molecular complexity index is 504. The van der Waals surface area contributed by atoms with Gasteiger partial charge >= 0.3 is 0 Å². The van der Waals surface area contributed by atoms with Crippen molar-refractivity contribution in [1.29, 1.82) is 5.26 Å². The molecule has 0 atom stereocenters. The van der Waals surface area contributed by atoms with Gasteiger partial charge in [-0.3, -0.25) is 4.79 Å². The fourth-order valence-corrected chi connectivity index (χ4v) is 1.74. The summed E-state index contributed by atoms with van der Waals surface area (Å²) < 4.78 is 10.5. The first-order valence-electron chi connectivity index (χ1n) is 5.77. The van der Waals surface area contributed by atoms with Gasteiger partial charge < -0.3 is 9.47 Å². The van der Waals surface area contributed by atoms with Crippen LogP contribution in [0, 0.1) is 11.3 Å². The molecule has 0 bridgehead atoms. The normalized spacial score (nSPS) is 17.6. The van der Waals surface area contributed by atoms with Crippen LogP contribution in [0.15, 0.2) is 47.8 Å². The number of allylic oxidation sites excluding steroid dienone is 5. The smallest absolute Gasteiger partial charge is 0.215 e. The van der Waals surface area contributed by atoms with Gasteiger partial charge in [0.1, 0.15) is 24.7 Å². The molecule has 1 aliphatic carbocycles. The number of nitriles is 1. The van der Waals surface area contributed by atoms with Crippen LogP contribution < -0.4 is 0 Å². The fraction of sp³-hybridized carbons (Fsp3) is 0.286. The lowest BCUT2D eigenvalue weighted by atomic mass is 10.0. The predicted molar refractivity (Wildman–Crippen MR) is 64.6 cm³/mol. The van der Waals surface area contributed by atoms with Gasteiger partial charge in [0.2, 0.25) is 11.5 Å². The average Bonchev–Trinajstić information content (AvgIpc) is 2.40. The molecular formula is C14H13NO3. The van der Waals surface area contributed by atoms with E-state index in [2.05, 4.69) is 6.08 Å². The van der Waals surface area contributed by atoms with Gasteiger partial charge in [-0.05, 0) is 12.8 Å². The predicted octanol–water partition coefficient (Wildman–Crippen LogP) is 2.87. The fourth-order valence-electron chi connectivity index (χ4n) is 1.74. The van der Waals surface area contributed by atoms with E-state index < -0.39 is 0 Å². The molecule has 2 rings (SSSR count). The first kappa shape index (κ1) is 12.2. The summed E-state index contributed by atoms with van der Waals surface area (Å²) in [4.78, 5) is 11.5. The highest BCUT2D eigenvalue weighted by Crippen LogP contribution is 2.24. The Kier molecular flexibility index (Phi) is 3.98. The quantitative estimate of drug-likeness (QED) is 0.761. The maximum absolute atomic E-state index is 11.5. The molecule has 4 nitrogen and oxygen atoms in total. The highest BCUT2D eigenvalue weighted by atomic mass is 16.5. The Hall–Kier alpha value is -2.28. The number of carbonyl (C=O) groups excluding carboxylic acids is 1. The van der Waals surface area contributed by atoms with Crippen molar-refractivity contribution >= 4 is 5.78 Å². The molecule has 0 saturated carbocycles. The van der Waals surface area contributed by atoms with E-state index in [0.29, 0.717) is 12.2 Å². The van der Waals surface area contributed by atoms with E-state index in [1.54, 1.807) is 6.07 Å². The molecule has 0 amide bonds. The largest absolute Gasteiger partial charge is 0.465 e. The molecule has 1 heterocycles. The van der Waals surface area contributed by atoms with E-state index in [9.17, 15) is 4.79 Å². The number of nitrogens with zero attached hydrogens (tertiary/aromatic N) is 1. The van der Waals surface area contributed by atoms with Crippen LogP contribution in [0.1, 0.15) is 25.7 Å². The van der Waals surface area contributed by atoms with E-state index in [0.717, 1.165) is 12.8 Å². The summed E-state index contributed by atoms with van der Waals surface area (Å²) >= 11 is 0. The minimum atomic E-state index is -0.361. The molecule has 0 aromatic heterocycles. The highest BCUT2D eigenvalue weighted by molar-refractivity contribution is 5.94. The van der Waals surface area contributed by atoms with Crippen molar-refractivity contribution < 1.29 is 14.3 Å². The van der Waals surface area contributed by atoms with E-state index >= 15 is 0 Å². The van der Waals surface area contributed by atoms with E-state index in [-0.39, 0.29) is 18.0 Å². The van der Waals surface area contributed by atoms with Crippen LogP contribution in [0.3, 0.4) is 0 Å². The molecule has 18 heavy (non-hydrogen) atoms. The molecule has 0 aromatic rings. The Morgan fingerprint density at radius 3 is 3.06 bits per heavy atom. The van der Waals surface area contributed by atoms with Crippen LogP contribution in [-0.4, -0.2) is 5.78 Å². The Balaban J connectivity index is 1.94. The van der Waals surface area contributed by atoms with Gasteiger partial charge in [-0.25, -0.2) is 0 Å². The summed E-state index contributed by atoms with van der Waals surface area (Å²) in [5.41, 5.74) is 1.24. The van der Waals surface area contributed by atoms with Gasteiger partial charge in [-0.2, -0.15) is 5.26 Å². The summed E-state index contributed by atoms with van der Waals surface area (Å²) in [5.74, 6) is 0.335. The number of ketones is 1. The molecule has 1 aliphatic heterocycles. The second-order valence-electron chi connectivity index (χ2n) is 4.03. The number of carbonyl (C=O) groups is 1. The molecule has 92 valence electrons.